The van der Waals surface area contributed by atoms with Crippen LogP contribution in [0.1, 0.15) is 5.56 Å². The molecule has 0 N–H and O–H groups in total. The van der Waals surface area contributed by atoms with Gasteiger partial charge in [0, 0.05) is 6.07 Å². The molecular weight excluding hydrogens is 364 g/mol. The van der Waals surface area contributed by atoms with E-state index < -0.39 is 0 Å². The molecule has 2 heterocycles. The van der Waals surface area contributed by atoms with E-state index in [9.17, 15) is 4.79 Å². The number of nitrogens with zero attached hydrogens (tertiary/aromatic N) is 2. The first-order valence-electron chi connectivity index (χ1n) is 8.49. The van der Waals surface area contributed by atoms with Crippen molar-refractivity contribution in [1.29, 1.82) is 0 Å². The van der Waals surface area contributed by atoms with Crippen LogP contribution in [0.5, 0.6) is 5.75 Å². The minimum absolute atomic E-state index is 0.189. The number of carbonyl (C=O) groups excluding carboxylic acids is 1. The number of carbonyl (C=O) groups is 1. The maximum atomic E-state index is 13.1. The van der Waals surface area contributed by atoms with Crippen molar-refractivity contribution in [3.05, 3.63) is 66.1 Å². The van der Waals surface area contributed by atoms with Gasteiger partial charge in [0.1, 0.15) is 25.2 Å². The Kier molecular flexibility index (Phi) is 4.93. The van der Waals surface area contributed by atoms with Crippen LogP contribution in [0.15, 0.2) is 60.6 Å². The standard InChI is InChI=1S/C20H18N2O4S/c1-24-15-7-8-18-16(11-15)21-20(27-18)22(12-14-5-3-2-4-6-14)19(23)17-13-25-9-10-26-17/h2-8,11,13H,9-10,12H2,1H3. The van der Waals surface area contributed by atoms with Crippen LogP contribution in [0.3, 0.4) is 0 Å². The summed E-state index contributed by atoms with van der Waals surface area (Å²) in [6, 6.07) is 15.5. The maximum absolute atomic E-state index is 13.1. The van der Waals surface area contributed by atoms with E-state index in [1.54, 1.807) is 12.0 Å². The van der Waals surface area contributed by atoms with Crippen molar-refractivity contribution in [1.82, 2.24) is 4.98 Å². The number of anilines is 1. The highest BCUT2D eigenvalue weighted by Gasteiger charge is 2.26. The highest BCUT2D eigenvalue weighted by Crippen LogP contribution is 2.33. The molecule has 0 spiro atoms. The molecule has 1 aliphatic heterocycles. The maximum Gasteiger partial charge on any atom is 0.298 e. The second-order valence-electron chi connectivity index (χ2n) is 5.91. The summed E-state index contributed by atoms with van der Waals surface area (Å²) >= 11 is 1.45. The molecule has 27 heavy (non-hydrogen) atoms. The smallest absolute Gasteiger partial charge is 0.298 e. The number of thiazole rings is 1. The first-order chi connectivity index (χ1) is 13.2. The van der Waals surface area contributed by atoms with E-state index in [2.05, 4.69) is 4.98 Å². The largest absolute Gasteiger partial charge is 0.497 e. The molecule has 3 aromatic rings. The Labute approximate surface area is 160 Å². The van der Waals surface area contributed by atoms with Gasteiger partial charge in [-0.05, 0) is 17.7 Å². The Balaban J connectivity index is 1.72. The molecule has 0 aliphatic carbocycles. The lowest BCUT2D eigenvalue weighted by Gasteiger charge is -2.23. The second kappa shape index (κ2) is 7.67. The van der Waals surface area contributed by atoms with Crippen LogP contribution in [0.4, 0.5) is 5.13 Å². The van der Waals surface area contributed by atoms with Gasteiger partial charge >= 0.3 is 0 Å². The fourth-order valence-electron chi connectivity index (χ4n) is 2.74. The zero-order chi connectivity index (χ0) is 18.6. The lowest BCUT2D eigenvalue weighted by atomic mass is 10.2. The van der Waals surface area contributed by atoms with Gasteiger partial charge in [-0.3, -0.25) is 9.69 Å². The fourth-order valence-corrected chi connectivity index (χ4v) is 3.69. The van der Waals surface area contributed by atoms with E-state index in [1.165, 1.54) is 17.6 Å². The van der Waals surface area contributed by atoms with Crippen molar-refractivity contribution in [2.75, 3.05) is 25.2 Å². The number of aromatic nitrogens is 1. The third kappa shape index (κ3) is 3.73. The van der Waals surface area contributed by atoms with Gasteiger partial charge in [0.25, 0.3) is 5.91 Å². The van der Waals surface area contributed by atoms with Crippen LogP contribution in [0.25, 0.3) is 10.2 Å². The van der Waals surface area contributed by atoms with Gasteiger partial charge in [-0.1, -0.05) is 41.7 Å². The predicted molar refractivity (Wildman–Crippen MR) is 104 cm³/mol. The third-order valence-corrected chi connectivity index (χ3v) is 5.16. The van der Waals surface area contributed by atoms with E-state index in [4.69, 9.17) is 14.2 Å². The number of rotatable bonds is 5. The minimum Gasteiger partial charge on any atom is -0.497 e. The molecule has 0 saturated carbocycles. The first kappa shape index (κ1) is 17.4. The number of hydrogen-bond acceptors (Lipinski definition) is 6. The number of ether oxygens (including phenoxy) is 3. The van der Waals surface area contributed by atoms with Gasteiger partial charge in [-0.25, -0.2) is 4.98 Å². The molecule has 0 atom stereocenters. The Morgan fingerprint density at radius 3 is 2.81 bits per heavy atom. The summed E-state index contributed by atoms with van der Waals surface area (Å²) in [6.07, 6.45) is 1.38. The fraction of sp³-hybridized carbons (Fsp3) is 0.200. The van der Waals surface area contributed by atoms with Crippen molar-refractivity contribution >= 4 is 32.6 Å². The summed E-state index contributed by atoms with van der Waals surface area (Å²) in [4.78, 5) is 19.4. The topological polar surface area (TPSA) is 60.9 Å². The van der Waals surface area contributed by atoms with Gasteiger partial charge in [-0.2, -0.15) is 0 Å². The molecular formula is C20H18N2O4S. The van der Waals surface area contributed by atoms with Gasteiger partial charge in [0.2, 0.25) is 5.76 Å². The molecule has 4 rings (SSSR count). The molecule has 1 aromatic heterocycles. The first-order valence-corrected chi connectivity index (χ1v) is 9.31. The number of methoxy groups -OCH3 is 1. The van der Waals surface area contributed by atoms with Gasteiger partial charge in [0.05, 0.1) is 23.9 Å². The van der Waals surface area contributed by atoms with Gasteiger partial charge < -0.3 is 14.2 Å². The summed E-state index contributed by atoms with van der Waals surface area (Å²) in [6.45, 7) is 1.18. The normalized spacial score (nSPS) is 13.4. The summed E-state index contributed by atoms with van der Waals surface area (Å²) in [5.41, 5.74) is 1.79. The molecule has 0 unspecified atom stereocenters. The highest BCUT2D eigenvalue weighted by molar-refractivity contribution is 7.22. The molecule has 0 saturated heterocycles. The lowest BCUT2D eigenvalue weighted by Crippen LogP contribution is -2.33. The average Bonchev–Trinajstić information content (AvgIpc) is 3.15. The number of benzene rings is 2. The number of hydrogen-bond donors (Lipinski definition) is 0. The summed E-state index contributed by atoms with van der Waals surface area (Å²) < 4.78 is 17.0. The van der Waals surface area contributed by atoms with Crippen LogP contribution in [-0.4, -0.2) is 31.2 Å². The zero-order valence-corrected chi connectivity index (χ0v) is 15.6. The van der Waals surface area contributed by atoms with E-state index >= 15 is 0 Å². The predicted octanol–water partition coefficient (Wildman–Crippen LogP) is 3.73. The van der Waals surface area contributed by atoms with Crippen molar-refractivity contribution in [2.24, 2.45) is 0 Å². The van der Waals surface area contributed by atoms with Crippen molar-refractivity contribution < 1.29 is 19.0 Å². The van der Waals surface area contributed by atoms with Crippen LogP contribution in [0, 0.1) is 0 Å². The SMILES string of the molecule is COc1ccc2sc(N(Cc3ccccc3)C(=O)C3=COCCO3)nc2c1. The molecule has 0 radical (unpaired) electrons. The Bertz CT molecular complexity index is 984. The van der Waals surface area contributed by atoms with E-state index in [1.807, 2.05) is 48.5 Å². The van der Waals surface area contributed by atoms with Crippen molar-refractivity contribution in [2.45, 2.75) is 6.54 Å². The quantitative estimate of drug-likeness (QED) is 0.673. The monoisotopic (exact) mass is 382 g/mol. The van der Waals surface area contributed by atoms with Gasteiger partial charge in [0.15, 0.2) is 5.13 Å². The van der Waals surface area contributed by atoms with Crippen LogP contribution < -0.4 is 9.64 Å². The molecule has 0 fully saturated rings. The lowest BCUT2D eigenvalue weighted by molar-refractivity contribution is -0.119. The van der Waals surface area contributed by atoms with E-state index in [0.717, 1.165) is 21.5 Å². The van der Waals surface area contributed by atoms with E-state index in [-0.39, 0.29) is 11.7 Å². The van der Waals surface area contributed by atoms with Gasteiger partial charge in [-0.15, -0.1) is 0 Å². The van der Waals surface area contributed by atoms with E-state index in [0.29, 0.717) is 24.9 Å². The summed E-state index contributed by atoms with van der Waals surface area (Å²) in [5.74, 6) is 0.644. The molecule has 1 aliphatic rings. The molecule has 1 amide bonds. The number of fused-ring (bicyclic) bond motifs is 1. The Hall–Kier alpha value is -3.06. The average molecular weight is 382 g/mol. The Morgan fingerprint density at radius 1 is 1.22 bits per heavy atom. The summed E-state index contributed by atoms with van der Waals surface area (Å²) in [7, 11) is 1.62. The second-order valence-corrected chi connectivity index (χ2v) is 6.92. The van der Waals surface area contributed by atoms with Crippen LogP contribution in [-0.2, 0) is 20.8 Å². The molecule has 138 valence electrons. The van der Waals surface area contributed by atoms with Crippen molar-refractivity contribution in [3.63, 3.8) is 0 Å². The third-order valence-electron chi connectivity index (χ3n) is 4.10. The minimum atomic E-state index is -0.274. The molecule has 0 bridgehead atoms. The number of amides is 1. The van der Waals surface area contributed by atoms with Crippen LogP contribution >= 0.6 is 11.3 Å². The molecule has 6 nitrogen and oxygen atoms in total. The zero-order valence-electron chi connectivity index (χ0n) is 14.8. The highest BCUT2D eigenvalue weighted by atomic mass is 32.1. The molecule has 7 heteroatoms. The van der Waals surface area contributed by atoms with Crippen molar-refractivity contribution in [3.8, 4) is 5.75 Å². The van der Waals surface area contributed by atoms with Crippen LogP contribution in [0.2, 0.25) is 0 Å². The molecule has 2 aromatic carbocycles. The Morgan fingerprint density at radius 2 is 2.07 bits per heavy atom. The summed E-state index contributed by atoms with van der Waals surface area (Å²) in [5, 5.41) is 0.599.